The van der Waals surface area contributed by atoms with Gasteiger partial charge in [0.15, 0.2) is 0 Å². The molecule has 1 radical (unpaired) electrons. The fourth-order valence-electron chi connectivity index (χ4n) is 0. The molecule has 0 atom stereocenters. The van der Waals surface area contributed by atoms with Crippen LogP contribution in [0.25, 0.3) is 0 Å². The molecule has 5 nitrogen and oxygen atoms in total. The van der Waals surface area contributed by atoms with E-state index >= 15 is 0 Å². The molecule has 0 aromatic carbocycles. The van der Waals surface area contributed by atoms with Crippen molar-refractivity contribution in [2.24, 2.45) is 0 Å². The molecule has 57 valence electrons. The van der Waals surface area contributed by atoms with E-state index in [2.05, 4.69) is 0 Å². The number of rotatable bonds is 0. The molecular weight excluding hydrogens is 210 g/mol. The minimum Gasteiger partial charge on any atom is -0.652 e. The summed E-state index contributed by atoms with van der Waals surface area (Å²) in [5.74, 6) is 0. The molecule has 0 aromatic heterocycles. The predicted molar refractivity (Wildman–Crippen MR) is 12.6 cm³/mol. The summed E-state index contributed by atoms with van der Waals surface area (Å²) >= 11 is 0. The van der Waals surface area contributed by atoms with Gasteiger partial charge in [-0.3, -0.25) is 0 Å². The standard InChI is InChI=1S/CH2O3.Co.Ni.2H2O/c2-1(3)4;;;;/h(H2,2,3,4);;;2*1H2/q;;+2;;/p-2. The quantitative estimate of drug-likeness (QED) is 0.380. The molecule has 0 saturated heterocycles. The first-order chi connectivity index (χ1) is 1.73. The number of hydrogen-bond donors (Lipinski definition) is 0. The van der Waals surface area contributed by atoms with E-state index in [0.29, 0.717) is 0 Å². The molecule has 0 saturated carbocycles. The molecule has 0 aliphatic heterocycles. The van der Waals surface area contributed by atoms with Crippen molar-refractivity contribution in [2.75, 3.05) is 0 Å². The second-order valence-corrected chi connectivity index (χ2v) is 0.250. The summed E-state index contributed by atoms with van der Waals surface area (Å²) in [5, 5.41) is 16.7. The zero-order chi connectivity index (χ0) is 3.58. The number of hydrogen-bond acceptors (Lipinski definition) is 3. The Morgan fingerprint density at radius 2 is 1.12 bits per heavy atom. The normalized spacial score (nSPS) is 3.00. The maximum absolute atomic E-state index is 8.33. The smallest absolute Gasteiger partial charge is 0.652 e. The monoisotopic (exact) mass is 213 g/mol. The third-order valence-corrected chi connectivity index (χ3v) is 0. The zero-order valence-corrected chi connectivity index (χ0v) is 5.40. The molecule has 0 aliphatic rings. The Hall–Kier alpha value is 0.190. The van der Waals surface area contributed by atoms with Crippen LogP contribution in [0.2, 0.25) is 0 Å². The first kappa shape index (κ1) is 41.6. The molecule has 4 N–H and O–H groups in total. The van der Waals surface area contributed by atoms with Gasteiger partial charge in [-0.05, 0) is 6.16 Å². The van der Waals surface area contributed by atoms with Gasteiger partial charge in [-0.1, -0.05) is 0 Å². The average molecular weight is 214 g/mol. The van der Waals surface area contributed by atoms with Gasteiger partial charge in [-0.2, -0.15) is 0 Å². The van der Waals surface area contributed by atoms with Crippen LogP contribution in [0.15, 0.2) is 0 Å². The summed E-state index contributed by atoms with van der Waals surface area (Å²) in [5.41, 5.74) is 0. The first-order valence-corrected chi connectivity index (χ1v) is 0.612. The number of carbonyl (C=O) groups excluding carboxylic acids is 1. The molecule has 0 fully saturated rings. The van der Waals surface area contributed by atoms with E-state index in [-0.39, 0.29) is 44.2 Å². The van der Waals surface area contributed by atoms with Gasteiger partial charge in [0.25, 0.3) is 0 Å². The first-order valence-electron chi connectivity index (χ1n) is 0.612. The van der Waals surface area contributed by atoms with Crippen LogP contribution in [0.1, 0.15) is 0 Å². The average Bonchev–Trinajstić information content (AvgIpc) is 0.811. The third kappa shape index (κ3) is 4620. The summed E-state index contributed by atoms with van der Waals surface area (Å²) in [6.45, 7) is 0. The summed E-state index contributed by atoms with van der Waals surface area (Å²) in [6.07, 6.45) is -2.33. The molecule has 0 unspecified atom stereocenters. The van der Waals surface area contributed by atoms with Crippen LogP contribution in [-0.2, 0) is 33.3 Å². The summed E-state index contributed by atoms with van der Waals surface area (Å²) in [7, 11) is 0. The van der Waals surface area contributed by atoms with E-state index in [1.54, 1.807) is 0 Å². The third-order valence-electron chi connectivity index (χ3n) is 0. The van der Waals surface area contributed by atoms with Crippen molar-refractivity contribution < 1.29 is 59.2 Å². The van der Waals surface area contributed by atoms with Crippen LogP contribution < -0.4 is 10.2 Å². The topological polar surface area (TPSA) is 126 Å². The fraction of sp³-hybridized carbons (Fsp3) is 0. The van der Waals surface area contributed by atoms with Crippen LogP contribution in [0, 0.1) is 0 Å². The maximum Gasteiger partial charge on any atom is 2.00 e. The zero-order valence-electron chi connectivity index (χ0n) is 3.37. The van der Waals surface area contributed by atoms with Crippen LogP contribution in [-0.4, -0.2) is 17.1 Å². The maximum atomic E-state index is 8.33. The molecule has 7 heteroatoms. The van der Waals surface area contributed by atoms with E-state index in [4.69, 9.17) is 15.0 Å². The van der Waals surface area contributed by atoms with E-state index in [1.165, 1.54) is 0 Å². The van der Waals surface area contributed by atoms with Crippen molar-refractivity contribution in [2.45, 2.75) is 0 Å². The van der Waals surface area contributed by atoms with E-state index in [1.807, 2.05) is 0 Å². The van der Waals surface area contributed by atoms with Gasteiger partial charge in [-0.15, -0.1) is 0 Å². The second-order valence-electron chi connectivity index (χ2n) is 0.250. The van der Waals surface area contributed by atoms with Crippen molar-refractivity contribution in [1.29, 1.82) is 0 Å². The van der Waals surface area contributed by atoms with Gasteiger partial charge in [-0.25, -0.2) is 0 Å². The van der Waals surface area contributed by atoms with Crippen LogP contribution in [0.4, 0.5) is 4.79 Å². The minimum atomic E-state index is -2.33. The van der Waals surface area contributed by atoms with Crippen molar-refractivity contribution in [3.63, 3.8) is 0 Å². The Morgan fingerprint density at radius 1 is 1.12 bits per heavy atom. The Labute approximate surface area is 65.8 Å². The van der Waals surface area contributed by atoms with E-state index in [9.17, 15) is 0 Å². The Kier molecular flexibility index (Phi) is 141. The Bertz CT molecular complexity index is 35.4. The van der Waals surface area contributed by atoms with Crippen molar-refractivity contribution >= 4 is 6.16 Å². The van der Waals surface area contributed by atoms with Gasteiger partial charge in [0.2, 0.25) is 0 Å². The van der Waals surface area contributed by atoms with Gasteiger partial charge in [0.1, 0.15) is 0 Å². The Balaban J connectivity index is -0.00000000750. The molecule has 0 aromatic rings. The molecule has 8 heavy (non-hydrogen) atoms. The molecular formula is CH4CoNiO5. The minimum absolute atomic E-state index is 0. The van der Waals surface area contributed by atoms with Crippen LogP contribution >= 0.6 is 0 Å². The molecule has 0 spiro atoms. The van der Waals surface area contributed by atoms with Gasteiger partial charge in [0, 0.05) is 16.8 Å². The molecule has 0 aliphatic carbocycles. The summed E-state index contributed by atoms with van der Waals surface area (Å²) in [4.78, 5) is 8.33. The predicted octanol–water partition coefficient (Wildman–Crippen LogP) is -4.10. The van der Waals surface area contributed by atoms with Crippen molar-refractivity contribution in [3.8, 4) is 0 Å². The van der Waals surface area contributed by atoms with E-state index in [0.717, 1.165) is 0 Å². The van der Waals surface area contributed by atoms with Gasteiger partial charge in [0.05, 0.1) is 0 Å². The van der Waals surface area contributed by atoms with Crippen LogP contribution in [0.5, 0.6) is 0 Å². The molecule has 0 bridgehead atoms. The molecule has 0 amide bonds. The number of carbonyl (C=O) groups is 1. The number of carboxylic acid groups (broad SMARTS) is 2. The van der Waals surface area contributed by atoms with E-state index < -0.39 is 6.16 Å². The van der Waals surface area contributed by atoms with Crippen LogP contribution in [0.3, 0.4) is 0 Å². The molecule has 0 heterocycles. The Morgan fingerprint density at radius 3 is 1.12 bits per heavy atom. The summed E-state index contributed by atoms with van der Waals surface area (Å²) < 4.78 is 0. The van der Waals surface area contributed by atoms with Gasteiger partial charge >= 0.3 is 16.5 Å². The van der Waals surface area contributed by atoms with Crippen molar-refractivity contribution in [3.05, 3.63) is 0 Å². The molecule has 0 rings (SSSR count). The van der Waals surface area contributed by atoms with Gasteiger partial charge < -0.3 is 26.0 Å². The largest absolute Gasteiger partial charge is 2.00 e. The van der Waals surface area contributed by atoms with Crippen molar-refractivity contribution in [1.82, 2.24) is 0 Å². The SMILES string of the molecule is O.O.O=C([O-])[O-].[Co].[Ni+2]. The second kappa shape index (κ2) is 27.1. The fourth-order valence-corrected chi connectivity index (χ4v) is 0. The summed E-state index contributed by atoms with van der Waals surface area (Å²) in [6, 6.07) is 0.